The van der Waals surface area contributed by atoms with Crippen LogP contribution in [0.1, 0.15) is 11.1 Å². The monoisotopic (exact) mass is 308 g/mol. The zero-order valence-corrected chi connectivity index (χ0v) is 12.5. The van der Waals surface area contributed by atoms with E-state index < -0.39 is 15.8 Å². The lowest BCUT2D eigenvalue weighted by atomic mass is 10.2. The van der Waals surface area contributed by atoms with Gasteiger partial charge in [0.15, 0.2) is 0 Å². The van der Waals surface area contributed by atoms with Crippen LogP contribution in [-0.4, -0.2) is 15.5 Å². The topological polar surface area (TPSA) is 58.2 Å². The van der Waals surface area contributed by atoms with Crippen LogP contribution >= 0.6 is 0 Å². The van der Waals surface area contributed by atoms with Crippen molar-refractivity contribution in [2.24, 2.45) is 0 Å². The highest BCUT2D eigenvalue weighted by molar-refractivity contribution is 7.89. The smallest absolute Gasteiger partial charge is 0.240 e. The van der Waals surface area contributed by atoms with Crippen LogP contribution in [0.15, 0.2) is 53.4 Å². The highest BCUT2D eigenvalue weighted by Gasteiger charge is 2.15. The summed E-state index contributed by atoms with van der Waals surface area (Å²) < 4.78 is 40.5. The van der Waals surface area contributed by atoms with E-state index in [1.807, 2.05) is 30.3 Å². The minimum Gasteiger partial charge on any atom is -0.316 e. The largest absolute Gasteiger partial charge is 0.316 e. The van der Waals surface area contributed by atoms with Crippen molar-refractivity contribution in [3.63, 3.8) is 0 Å². The average Bonchev–Trinajstić information content (AvgIpc) is 2.49. The van der Waals surface area contributed by atoms with Crippen LogP contribution in [0.2, 0.25) is 0 Å². The first-order valence-corrected chi connectivity index (χ1v) is 7.98. The van der Waals surface area contributed by atoms with Gasteiger partial charge in [-0.05, 0) is 30.8 Å². The third kappa shape index (κ3) is 4.10. The van der Waals surface area contributed by atoms with Crippen LogP contribution in [0.5, 0.6) is 0 Å². The number of benzene rings is 2. The summed E-state index contributed by atoms with van der Waals surface area (Å²) in [5, 5.41) is 2.81. The molecule has 2 aromatic carbocycles. The van der Waals surface area contributed by atoms with E-state index in [9.17, 15) is 12.8 Å². The van der Waals surface area contributed by atoms with Crippen LogP contribution in [-0.2, 0) is 23.1 Å². The second kappa shape index (κ2) is 6.80. The van der Waals surface area contributed by atoms with Gasteiger partial charge in [-0.25, -0.2) is 17.5 Å². The lowest BCUT2D eigenvalue weighted by molar-refractivity contribution is 0.577. The van der Waals surface area contributed by atoms with Gasteiger partial charge in [0, 0.05) is 18.7 Å². The molecule has 2 N–H and O–H groups in total. The Morgan fingerprint density at radius 1 is 1.05 bits per heavy atom. The summed E-state index contributed by atoms with van der Waals surface area (Å²) in [5.74, 6) is -0.425. The van der Waals surface area contributed by atoms with Gasteiger partial charge in [0.05, 0.1) is 4.90 Å². The highest BCUT2D eigenvalue weighted by atomic mass is 32.2. The number of hydrogen-bond acceptors (Lipinski definition) is 3. The Hall–Kier alpha value is -1.76. The summed E-state index contributed by atoms with van der Waals surface area (Å²) in [6.07, 6.45) is 0. The molecule has 0 atom stereocenters. The van der Waals surface area contributed by atoms with Gasteiger partial charge in [0.2, 0.25) is 10.0 Å². The van der Waals surface area contributed by atoms with Crippen LogP contribution < -0.4 is 10.0 Å². The maximum atomic E-state index is 13.5. The second-order valence-corrected chi connectivity index (χ2v) is 6.36. The number of hydrogen-bond donors (Lipinski definition) is 2. The normalized spacial score (nSPS) is 11.5. The lowest BCUT2D eigenvalue weighted by Crippen LogP contribution is -2.23. The molecule has 21 heavy (non-hydrogen) atoms. The number of nitrogens with one attached hydrogen (secondary N) is 2. The summed E-state index contributed by atoms with van der Waals surface area (Å²) in [4.78, 5) is 0.0603. The van der Waals surface area contributed by atoms with Crippen molar-refractivity contribution in [1.82, 2.24) is 10.0 Å². The van der Waals surface area contributed by atoms with E-state index in [0.717, 1.165) is 5.56 Å². The Morgan fingerprint density at radius 2 is 1.76 bits per heavy atom. The summed E-state index contributed by atoms with van der Waals surface area (Å²) in [6.45, 7) is 0.468. The van der Waals surface area contributed by atoms with E-state index in [0.29, 0.717) is 5.56 Å². The van der Waals surface area contributed by atoms with Crippen molar-refractivity contribution >= 4 is 10.0 Å². The average molecular weight is 308 g/mol. The molecule has 2 rings (SSSR count). The molecule has 0 fully saturated rings. The van der Waals surface area contributed by atoms with Crippen molar-refractivity contribution in [3.8, 4) is 0 Å². The van der Waals surface area contributed by atoms with Crippen molar-refractivity contribution in [2.45, 2.75) is 18.0 Å². The van der Waals surface area contributed by atoms with Gasteiger partial charge in [-0.1, -0.05) is 30.3 Å². The van der Waals surface area contributed by atoms with Gasteiger partial charge < -0.3 is 5.32 Å². The first kappa shape index (κ1) is 15.6. The van der Waals surface area contributed by atoms with Gasteiger partial charge in [-0.2, -0.15) is 0 Å². The molecule has 6 heteroatoms. The highest BCUT2D eigenvalue weighted by Crippen LogP contribution is 2.15. The molecule has 0 bridgehead atoms. The fourth-order valence-electron chi connectivity index (χ4n) is 1.90. The summed E-state index contributed by atoms with van der Waals surface area (Å²) in [6, 6.07) is 13.0. The first-order chi connectivity index (χ1) is 10.0. The number of halogens is 1. The van der Waals surface area contributed by atoms with Crippen molar-refractivity contribution in [3.05, 3.63) is 65.5 Å². The zero-order valence-electron chi connectivity index (χ0n) is 11.6. The van der Waals surface area contributed by atoms with E-state index in [1.54, 1.807) is 7.05 Å². The fourth-order valence-corrected chi connectivity index (χ4v) is 2.97. The number of rotatable bonds is 6. The van der Waals surface area contributed by atoms with Gasteiger partial charge in [0.25, 0.3) is 0 Å². The zero-order chi connectivity index (χ0) is 15.3. The van der Waals surface area contributed by atoms with Gasteiger partial charge >= 0.3 is 0 Å². The van der Waals surface area contributed by atoms with Crippen molar-refractivity contribution < 1.29 is 12.8 Å². The third-order valence-corrected chi connectivity index (χ3v) is 4.40. The molecule has 0 spiro atoms. The van der Waals surface area contributed by atoms with Crippen LogP contribution in [0.3, 0.4) is 0 Å². The molecule has 0 aliphatic rings. The van der Waals surface area contributed by atoms with E-state index in [2.05, 4.69) is 10.0 Å². The minimum atomic E-state index is -3.66. The predicted molar refractivity (Wildman–Crippen MR) is 79.6 cm³/mol. The molecule has 0 saturated carbocycles. The Balaban J connectivity index is 2.17. The summed E-state index contributed by atoms with van der Waals surface area (Å²) >= 11 is 0. The van der Waals surface area contributed by atoms with E-state index in [1.165, 1.54) is 18.2 Å². The molecular formula is C15H17FN2O2S. The summed E-state index contributed by atoms with van der Waals surface area (Å²) in [7, 11) is -1.99. The van der Waals surface area contributed by atoms with E-state index in [-0.39, 0.29) is 18.0 Å². The van der Waals surface area contributed by atoms with E-state index >= 15 is 0 Å². The van der Waals surface area contributed by atoms with Gasteiger partial charge in [-0.15, -0.1) is 0 Å². The Morgan fingerprint density at radius 3 is 2.43 bits per heavy atom. The molecule has 0 unspecified atom stereocenters. The van der Waals surface area contributed by atoms with Crippen molar-refractivity contribution in [1.29, 1.82) is 0 Å². The Labute approximate surface area is 124 Å². The lowest BCUT2D eigenvalue weighted by Gasteiger charge is -2.09. The van der Waals surface area contributed by atoms with Crippen LogP contribution in [0.4, 0.5) is 4.39 Å². The molecule has 0 aromatic heterocycles. The SMILES string of the molecule is CNCc1cc(S(=O)(=O)NCc2ccccc2)ccc1F. The van der Waals surface area contributed by atoms with E-state index in [4.69, 9.17) is 0 Å². The third-order valence-electron chi connectivity index (χ3n) is 3.00. The second-order valence-electron chi connectivity index (χ2n) is 4.59. The van der Waals surface area contributed by atoms with Gasteiger partial charge in [-0.3, -0.25) is 0 Å². The fraction of sp³-hybridized carbons (Fsp3) is 0.200. The molecule has 4 nitrogen and oxygen atoms in total. The molecule has 112 valence electrons. The Bertz CT molecular complexity index is 703. The van der Waals surface area contributed by atoms with Crippen LogP contribution in [0, 0.1) is 5.82 Å². The molecule has 0 aliphatic heterocycles. The minimum absolute atomic E-state index is 0.0603. The van der Waals surface area contributed by atoms with Crippen LogP contribution in [0.25, 0.3) is 0 Å². The first-order valence-electron chi connectivity index (χ1n) is 6.49. The molecular weight excluding hydrogens is 291 g/mol. The molecule has 2 aromatic rings. The quantitative estimate of drug-likeness (QED) is 0.858. The predicted octanol–water partition coefficient (Wildman–Crippen LogP) is 2.02. The molecule has 0 saturated heterocycles. The number of sulfonamides is 1. The summed E-state index contributed by atoms with van der Waals surface area (Å²) in [5.41, 5.74) is 1.18. The Kier molecular flexibility index (Phi) is 5.06. The standard InChI is InChI=1S/C15H17FN2O2S/c1-17-11-13-9-14(7-8-15(13)16)21(19,20)18-10-12-5-3-2-4-6-12/h2-9,17-18H,10-11H2,1H3. The van der Waals surface area contributed by atoms with Gasteiger partial charge in [0.1, 0.15) is 5.82 Å². The molecule has 0 aliphatic carbocycles. The van der Waals surface area contributed by atoms with Crippen molar-refractivity contribution in [2.75, 3.05) is 7.05 Å². The maximum Gasteiger partial charge on any atom is 0.240 e. The molecule has 0 amide bonds. The molecule has 0 radical (unpaired) electrons. The molecule has 0 heterocycles. The maximum absolute atomic E-state index is 13.5.